The van der Waals surface area contributed by atoms with Crippen molar-refractivity contribution in [2.24, 2.45) is 0 Å². The number of allylic oxidation sites excluding steroid dienone is 1. The minimum atomic E-state index is -0.328. The summed E-state index contributed by atoms with van der Waals surface area (Å²) in [5, 5.41) is 10.1. The van der Waals surface area contributed by atoms with Crippen molar-refractivity contribution in [3.8, 4) is 0 Å². The van der Waals surface area contributed by atoms with E-state index in [0.29, 0.717) is 11.7 Å². The second-order valence-corrected chi connectivity index (χ2v) is 5.75. The van der Waals surface area contributed by atoms with Gasteiger partial charge in [0.05, 0.1) is 5.70 Å². The number of fused-ring (bicyclic) bond motifs is 1. The van der Waals surface area contributed by atoms with Crippen molar-refractivity contribution < 1.29 is 9.21 Å². The minimum absolute atomic E-state index is 0.121. The van der Waals surface area contributed by atoms with Gasteiger partial charge in [-0.05, 0) is 30.7 Å². The van der Waals surface area contributed by atoms with Crippen LogP contribution in [-0.4, -0.2) is 27.7 Å². The first-order valence-corrected chi connectivity index (χ1v) is 7.95. The molecule has 0 saturated carbocycles. The number of nitrogens with zero attached hydrogens (tertiary/aromatic N) is 3. The molecular weight excluding hydrogens is 318 g/mol. The summed E-state index contributed by atoms with van der Waals surface area (Å²) in [6.07, 6.45) is 2.02. The van der Waals surface area contributed by atoms with Crippen molar-refractivity contribution in [2.45, 2.75) is 13.0 Å². The molecule has 1 aromatic carbocycles. The molecule has 7 nitrogen and oxygen atoms in total. The molecule has 1 unspecified atom stereocenters. The highest BCUT2D eigenvalue weighted by atomic mass is 16.3. The number of carbonyl (C=O) groups excluding carboxylic acids is 1. The molecule has 0 saturated heterocycles. The van der Waals surface area contributed by atoms with E-state index in [1.165, 1.54) is 0 Å². The highest BCUT2D eigenvalue weighted by molar-refractivity contribution is 5.90. The standard InChI is InChI=1S/C18H17N5O2/c1-11-8-9-15(25-11)13-10-14(12-6-4-3-5-7-12)23-18(20-13)21-16(22-23)17(24)19-2/h3-10,14H,1-2H3,(H,19,24)(H,20,21,22). The maximum absolute atomic E-state index is 11.9. The predicted molar refractivity (Wildman–Crippen MR) is 93.0 cm³/mol. The van der Waals surface area contributed by atoms with Crippen LogP contribution in [-0.2, 0) is 0 Å². The van der Waals surface area contributed by atoms with Crippen LogP contribution in [0.2, 0.25) is 0 Å². The van der Waals surface area contributed by atoms with Gasteiger partial charge >= 0.3 is 0 Å². The molecule has 2 N–H and O–H groups in total. The Morgan fingerprint density at radius 3 is 2.72 bits per heavy atom. The molecule has 1 amide bonds. The van der Waals surface area contributed by atoms with E-state index in [-0.39, 0.29) is 17.8 Å². The zero-order valence-corrected chi connectivity index (χ0v) is 13.9. The molecule has 0 spiro atoms. The molecule has 7 heteroatoms. The lowest BCUT2D eigenvalue weighted by atomic mass is 10.0. The van der Waals surface area contributed by atoms with Crippen molar-refractivity contribution in [2.75, 3.05) is 12.4 Å². The Labute approximate surface area is 144 Å². The maximum Gasteiger partial charge on any atom is 0.290 e. The average molecular weight is 335 g/mol. The molecule has 126 valence electrons. The fourth-order valence-electron chi connectivity index (χ4n) is 2.81. The summed E-state index contributed by atoms with van der Waals surface area (Å²) < 4.78 is 7.44. The van der Waals surface area contributed by atoms with E-state index in [9.17, 15) is 4.79 Å². The third kappa shape index (κ3) is 2.69. The highest BCUT2D eigenvalue weighted by Gasteiger charge is 2.27. The summed E-state index contributed by atoms with van der Waals surface area (Å²) in [6, 6.07) is 13.6. The predicted octanol–water partition coefficient (Wildman–Crippen LogP) is 2.60. The number of rotatable bonds is 3. The Hall–Kier alpha value is -3.35. The summed E-state index contributed by atoms with van der Waals surface area (Å²) in [7, 11) is 1.56. The lowest BCUT2D eigenvalue weighted by Gasteiger charge is -2.23. The molecule has 0 radical (unpaired) electrons. The molecule has 4 rings (SSSR count). The fraction of sp³-hybridized carbons (Fsp3) is 0.167. The van der Waals surface area contributed by atoms with Gasteiger partial charge in [0.15, 0.2) is 0 Å². The third-order valence-corrected chi connectivity index (χ3v) is 4.04. The molecule has 0 bridgehead atoms. The van der Waals surface area contributed by atoms with E-state index < -0.39 is 0 Å². The van der Waals surface area contributed by atoms with Crippen LogP contribution in [0, 0.1) is 6.92 Å². The number of benzene rings is 1. The van der Waals surface area contributed by atoms with Crippen LogP contribution >= 0.6 is 0 Å². The minimum Gasteiger partial charge on any atom is -0.460 e. The SMILES string of the molecule is CNC(=O)c1nc2n(n1)C(c1ccccc1)C=C(c1ccc(C)o1)N2. The molecular formula is C18H17N5O2. The van der Waals surface area contributed by atoms with Gasteiger partial charge in [-0.1, -0.05) is 30.3 Å². The topological polar surface area (TPSA) is 85.0 Å². The summed E-state index contributed by atoms with van der Waals surface area (Å²) in [6.45, 7) is 1.90. The molecule has 2 aromatic heterocycles. The van der Waals surface area contributed by atoms with Crippen molar-refractivity contribution in [1.82, 2.24) is 20.1 Å². The van der Waals surface area contributed by atoms with Crippen molar-refractivity contribution in [1.29, 1.82) is 0 Å². The lowest BCUT2D eigenvalue weighted by molar-refractivity contribution is 0.0952. The Morgan fingerprint density at radius 2 is 2.04 bits per heavy atom. The van der Waals surface area contributed by atoms with E-state index in [0.717, 1.165) is 17.0 Å². The first-order chi connectivity index (χ1) is 12.2. The number of hydrogen-bond acceptors (Lipinski definition) is 5. The number of nitrogens with one attached hydrogen (secondary N) is 2. The van der Waals surface area contributed by atoms with Gasteiger partial charge in [0.2, 0.25) is 11.8 Å². The highest BCUT2D eigenvalue weighted by Crippen LogP contribution is 2.32. The Morgan fingerprint density at radius 1 is 1.24 bits per heavy atom. The Balaban J connectivity index is 1.82. The first kappa shape index (κ1) is 15.2. The van der Waals surface area contributed by atoms with Gasteiger partial charge in [0.25, 0.3) is 5.91 Å². The van der Waals surface area contributed by atoms with Crippen LogP contribution in [0.25, 0.3) is 5.70 Å². The van der Waals surface area contributed by atoms with E-state index >= 15 is 0 Å². The monoisotopic (exact) mass is 335 g/mol. The molecule has 0 aliphatic carbocycles. The number of anilines is 1. The van der Waals surface area contributed by atoms with Gasteiger partial charge in [0.1, 0.15) is 17.6 Å². The Bertz CT molecular complexity index is 955. The largest absolute Gasteiger partial charge is 0.460 e. The number of furan rings is 1. The molecule has 25 heavy (non-hydrogen) atoms. The normalized spacial score (nSPS) is 15.9. The van der Waals surface area contributed by atoms with Crippen LogP contribution < -0.4 is 10.6 Å². The molecule has 1 atom stereocenters. The fourth-order valence-corrected chi connectivity index (χ4v) is 2.81. The molecule has 0 fully saturated rings. The van der Waals surface area contributed by atoms with Gasteiger partial charge in [-0.2, -0.15) is 4.98 Å². The van der Waals surface area contributed by atoms with Crippen LogP contribution in [0.15, 0.2) is 53.0 Å². The summed E-state index contributed by atoms with van der Waals surface area (Å²) in [5.74, 6) is 1.84. The van der Waals surface area contributed by atoms with Gasteiger partial charge in [-0.15, -0.1) is 5.10 Å². The average Bonchev–Trinajstić information content (AvgIpc) is 3.27. The van der Waals surface area contributed by atoms with Gasteiger partial charge < -0.3 is 15.1 Å². The molecule has 3 heterocycles. The lowest BCUT2D eigenvalue weighted by Crippen LogP contribution is -2.21. The third-order valence-electron chi connectivity index (χ3n) is 4.04. The van der Waals surface area contributed by atoms with Gasteiger partial charge in [-0.3, -0.25) is 4.79 Å². The van der Waals surface area contributed by atoms with E-state index in [4.69, 9.17) is 4.42 Å². The molecule has 1 aliphatic rings. The van der Waals surface area contributed by atoms with Crippen molar-refractivity contribution in [3.05, 3.63) is 71.4 Å². The quantitative estimate of drug-likeness (QED) is 0.768. The van der Waals surface area contributed by atoms with E-state index in [1.807, 2.05) is 55.5 Å². The number of carbonyl (C=O) groups is 1. The van der Waals surface area contributed by atoms with E-state index in [2.05, 4.69) is 20.7 Å². The second-order valence-electron chi connectivity index (χ2n) is 5.75. The zero-order valence-electron chi connectivity index (χ0n) is 13.9. The second kappa shape index (κ2) is 5.94. The number of aromatic nitrogens is 3. The first-order valence-electron chi connectivity index (χ1n) is 7.95. The van der Waals surface area contributed by atoms with Gasteiger partial charge in [0, 0.05) is 7.05 Å². The van der Waals surface area contributed by atoms with E-state index in [1.54, 1.807) is 11.7 Å². The van der Waals surface area contributed by atoms with Crippen molar-refractivity contribution >= 4 is 17.6 Å². The summed E-state index contributed by atoms with van der Waals surface area (Å²) >= 11 is 0. The van der Waals surface area contributed by atoms with Crippen LogP contribution in [0.4, 0.5) is 5.95 Å². The summed E-state index contributed by atoms with van der Waals surface area (Å²) in [4.78, 5) is 16.2. The maximum atomic E-state index is 11.9. The smallest absolute Gasteiger partial charge is 0.290 e. The number of amides is 1. The molecule has 1 aliphatic heterocycles. The Kier molecular flexibility index (Phi) is 3.61. The number of hydrogen-bond donors (Lipinski definition) is 2. The molecule has 3 aromatic rings. The number of aryl methyl sites for hydroxylation is 1. The van der Waals surface area contributed by atoms with Crippen LogP contribution in [0.3, 0.4) is 0 Å². The zero-order chi connectivity index (χ0) is 17.4. The van der Waals surface area contributed by atoms with Crippen LogP contribution in [0.5, 0.6) is 0 Å². The van der Waals surface area contributed by atoms with Gasteiger partial charge in [-0.25, -0.2) is 4.68 Å². The van der Waals surface area contributed by atoms with Crippen molar-refractivity contribution in [3.63, 3.8) is 0 Å². The van der Waals surface area contributed by atoms with Crippen LogP contribution in [0.1, 0.15) is 33.7 Å². The summed E-state index contributed by atoms with van der Waals surface area (Å²) in [5.41, 5.74) is 1.84.